The molecule has 0 atom stereocenters. The number of aromatic nitrogens is 5. The van der Waals surface area contributed by atoms with Crippen molar-refractivity contribution < 1.29 is 8.83 Å². The van der Waals surface area contributed by atoms with Crippen LogP contribution < -0.4 is 0 Å². The van der Waals surface area contributed by atoms with Crippen molar-refractivity contribution in [1.29, 1.82) is 0 Å². The standard InChI is InChI=1S/C75H45N5O2/c1-2-16-46(17-3-1)55-22-4-5-27-60(55)75-77-73(51-18-14-20-53(40-51)79-65-28-10-6-23-56(65)61-42-47(32-36-67(61)79)49-34-38-71-63(44-49)58-25-8-12-30-69(58)81-71)76-74(78-75)52-19-15-21-54(41-52)80-66-29-11-7-24-57(66)62-43-48(33-37-68(62)80)50-35-39-72-64(45-50)59-26-9-13-31-70(59)82-72/h1-45H. The summed E-state index contributed by atoms with van der Waals surface area (Å²) < 4.78 is 17.1. The maximum Gasteiger partial charge on any atom is 0.164 e. The first kappa shape index (κ1) is 45.8. The lowest BCUT2D eigenvalue weighted by Crippen LogP contribution is -2.02. The van der Waals surface area contributed by atoms with Crippen LogP contribution in [0.1, 0.15) is 0 Å². The van der Waals surface area contributed by atoms with Gasteiger partial charge in [-0.2, -0.15) is 0 Å². The smallest absolute Gasteiger partial charge is 0.164 e. The molecule has 382 valence electrons. The van der Waals surface area contributed by atoms with E-state index in [0.717, 1.165) is 127 Å². The first-order chi connectivity index (χ1) is 40.6. The van der Waals surface area contributed by atoms with Crippen LogP contribution in [0.2, 0.25) is 0 Å². The molecule has 0 bridgehead atoms. The van der Waals surface area contributed by atoms with Crippen molar-refractivity contribution in [1.82, 2.24) is 24.1 Å². The fourth-order valence-electron chi connectivity index (χ4n) is 12.5. The first-order valence-electron chi connectivity index (χ1n) is 27.6. The lowest BCUT2D eigenvalue weighted by atomic mass is 9.99. The lowest BCUT2D eigenvalue weighted by molar-refractivity contribution is 0.668. The van der Waals surface area contributed by atoms with Crippen LogP contribution in [0.4, 0.5) is 0 Å². The van der Waals surface area contributed by atoms with Gasteiger partial charge in [-0.3, -0.25) is 0 Å². The SMILES string of the molecule is c1ccc(-c2ccccc2-c2nc(-c3cccc(-n4c5ccccc5c5cc(-c6ccc7oc8ccccc8c7c6)ccc54)c3)nc(-c3cccc(-n4c5ccccc5c5cc(-c6ccc7oc8ccccc8c7c6)ccc54)c3)n2)cc1. The number of hydrogen-bond acceptors (Lipinski definition) is 5. The van der Waals surface area contributed by atoms with Crippen LogP contribution in [0, 0.1) is 0 Å². The van der Waals surface area contributed by atoms with Gasteiger partial charge >= 0.3 is 0 Å². The molecule has 0 aliphatic carbocycles. The first-order valence-corrected chi connectivity index (χ1v) is 27.6. The zero-order valence-electron chi connectivity index (χ0n) is 44.0. The van der Waals surface area contributed by atoms with Gasteiger partial charge in [0.1, 0.15) is 22.3 Å². The summed E-state index contributed by atoms with van der Waals surface area (Å²) in [6.07, 6.45) is 0. The largest absolute Gasteiger partial charge is 0.456 e. The molecule has 17 aromatic rings. The Morgan fingerprint density at radius 1 is 0.220 bits per heavy atom. The molecule has 7 nitrogen and oxygen atoms in total. The summed E-state index contributed by atoms with van der Waals surface area (Å²) in [4.78, 5) is 16.2. The van der Waals surface area contributed by atoms with E-state index in [0.29, 0.717) is 17.5 Å². The predicted octanol–water partition coefficient (Wildman–Crippen LogP) is 19.9. The minimum Gasteiger partial charge on any atom is -0.456 e. The van der Waals surface area contributed by atoms with Gasteiger partial charge in [-0.05, 0) is 130 Å². The van der Waals surface area contributed by atoms with Crippen molar-refractivity contribution in [2.45, 2.75) is 0 Å². The van der Waals surface area contributed by atoms with Gasteiger partial charge in [0.15, 0.2) is 17.5 Å². The summed E-state index contributed by atoms with van der Waals surface area (Å²) in [6, 6.07) is 96.5. The van der Waals surface area contributed by atoms with Crippen molar-refractivity contribution in [3.05, 3.63) is 273 Å². The summed E-state index contributed by atoms with van der Waals surface area (Å²) >= 11 is 0. The van der Waals surface area contributed by atoms with Crippen molar-refractivity contribution >= 4 is 87.5 Å². The maximum atomic E-state index is 6.20. The summed E-state index contributed by atoms with van der Waals surface area (Å²) in [5.74, 6) is 1.74. The molecule has 0 N–H and O–H groups in total. The van der Waals surface area contributed by atoms with E-state index >= 15 is 0 Å². The third-order valence-corrected chi connectivity index (χ3v) is 16.4. The molecule has 5 heterocycles. The van der Waals surface area contributed by atoms with Crippen LogP contribution >= 0.6 is 0 Å². The molecule has 12 aromatic carbocycles. The second-order valence-electron chi connectivity index (χ2n) is 21.1. The summed E-state index contributed by atoms with van der Waals surface area (Å²) in [5, 5.41) is 9.14. The van der Waals surface area contributed by atoms with Crippen LogP contribution in [0.25, 0.3) is 166 Å². The molecule has 0 radical (unpaired) electrons. The van der Waals surface area contributed by atoms with Crippen molar-refractivity contribution in [2.75, 3.05) is 0 Å². The molecule has 0 aliphatic heterocycles. The Kier molecular flexibility index (Phi) is 10.2. The molecule has 7 heteroatoms. The van der Waals surface area contributed by atoms with E-state index in [1.165, 1.54) is 21.5 Å². The zero-order valence-corrected chi connectivity index (χ0v) is 44.0. The van der Waals surface area contributed by atoms with Crippen LogP contribution in [0.15, 0.2) is 282 Å². The quantitative estimate of drug-likeness (QED) is 0.152. The normalized spacial score (nSPS) is 11.9. The van der Waals surface area contributed by atoms with Gasteiger partial charge in [-0.25, -0.2) is 15.0 Å². The molecular weight excluding hydrogens is 1000 g/mol. The van der Waals surface area contributed by atoms with Crippen molar-refractivity contribution in [3.63, 3.8) is 0 Å². The van der Waals surface area contributed by atoms with E-state index in [9.17, 15) is 0 Å². The molecule has 0 unspecified atom stereocenters. The van der Waals surface area contributed by atoms with E-state index < -0.39 is 0 Å². The van der Waals surface area contributed by atoms with Gasteiger partial charge < -0.3 is 18.0 Å². The molecular formula is C75H45N5O2. The third-order valence-electron chi connectivity index (χ3n) is 16.4. The van der Waals surface area contributed by atoms with Crippen LogP contribution in [0.3, 0.4) is 0 Å². The Balaban J connectivity index is 0.799. The van der Waals surface area contributed by atoms with Crippen molar-refractivity contribution in [2.24, 2.45) is 0 Å². The fourth-order valence-corrected chi connectivity index (χ4v) is 12.5. The fraction of sp³-hybridized carbons (Fsp3) is 0. The third kappa shape index (κ3) is 7.34. The van der Waals surface area contributed by atoms with Gasteiger partial charge in [-0.15, -0.1) is 0 Å². The number of benzene rings is 12. The lowest BCUT2D eigenvalue weighted by Gasteiger charge is -2.14. The van der Waals surface area contributed by atoms with E-state index in [1.54, 1.807) is 0 Å². The summed E-state index contributed by atoms with van der Waals surface area (Å²) in [5.41, 5.74) is 19.3. The number of rotatable bonds is 8. The monoisotopic (exact) mass is 1050 g/mol. The van der Waals surface area contributed by atoms with Gasteiger partial charge in [0, 0.05) is 71.2 Å². The molecule has 82 heavy (non-hydrogen) atoms. The van der Waals surface area contributed by atoms with E-state index in [-0.39, 0.29) is 0 Å². The number of para-hydroxylation sites is 4. The molecule has 0 amide bonds. The van der Waals surface area contributed by atoms with E-state index in [4.69, 9.17) is 23.8 Å². The Labute approximate surface area is 469 Å². The number of furan rings is 2. The molecule has 17 rings (SSSR count). The molecule has 0 aliphatic rings. The highest BCUT2D eigenvalue weighted by Crippen LogP contribution is 2.41. The van der Waals surface area contributed by atoms with Gasteiger partial charge in [-0.1, -0.05) is 176 Å². The van der Waals surface area contributed by atoms with Crippen LogP contribution in [0.5, 0.6) is 0 Å². The Morgan fingerprint density at radius 2 is 0.598 bits per heavy atom. The Bertz CT molecular complexity index is 5140. The minimum atomic E-state index is 0.575. The highest BCUT2D eigenvalue weighted by molar-refractivity contribution is 6.13. The van der Waals surface area contributed by atoms with Gasteiger partial charge in [0.25, 0.3) is 0 Å². The molecule has 0 spiro atoms. The van der Waals surface area contributed by atoms with Gasteiger partial charge in [0.05, 0.1) is 22.1 Å². The second-order valence-corrected chi connectivity index (χ2v) is 21.1. The van der Waals surface area contributed by atoms with Crippen molar-refractivity contribution in [3.8, 4) is 78.9 Å². The molecule has 0 saturated carbocycles. The Morgan fingerprint density at radius 3 is 1.12 bits per heavy atom. The number of nitrogens with zero attached hydrogens (tertiary/aromatic N) is 5. The van der Waals surface area contributed by atoms with Crippen LogP contribution in [-0.2, 0) is 0 Å². The minimum absolute atomic E-state index is 0.575. The van der Waals surface area contributed by atoms with E-state index in [2.05, 4.69) is 252 Å². The summed E-state index contributed by atoms with van der Waals surface area (Å²) in [7, 11) is 0. The van der Waals surface area contributed by atoms with E-state index in [1.807, 2.05) is 30.3 Å². The highest BCUT2D eigenvalue weighted by Gasteiger charge is 2.21. The topological polar surface area (TPSA) is 74.8 Å². The number of fused-ring (bicyclic) bond motifs is 12. The van der Waals surface area contributed by atoms with Gasteiger partial charge in [0.2, 0.25) is 0 Å². The molecule has 0 saturated heterocycles. The Hall–Kier alpha value is -11.2. The maximum absolute atomic E-state index is 6.20. The number of hydrogen-bond donors (Lipinski definition) is 0. The predicted molar refractivity (Wildman–Crippen MR) is 336 cm³/mol. The molecule has 0 fully saturated rings. The average molecular weight is 1050 g/mol. The highest BCUT2D eigenvalue weighted by atomic mass is 16.3. The average Bonchev–Trinajstić information content (AvgIpc) is 3.52. The van der Waals surface area contributed by atoms with Crippen LogP contribution in [-0.4, -0.2) is 24.1 Å². The zero-order chi connectivity index (χ0) is 53.8. The molecule has 5 aromatic heterocycles. The second kappa shape index (κ2) is 18.2. The summed E-state index contributed by atoms with van der Waals surface area (Å²) in [6.45, 7) is 0.